The average Bonchev–Trinajstić information content (AvgIpc) is 2.65. The molecule has 0 aliphatic rings. The monoisotopic (exact) mass is 335 g/mol. The zero-order valence-corrected chi connectivity index (χ0v) is 13.4. The number of aryl methyl sites for hydroxylation is 2. The molecule has 0 amide bonds. The van der Waals surface area contributed by atoms with Crippen molar-refractivity contribution in [3.63, 3.8) is 0 Å². The molecule has 1 heterocycles. The maximum atomic E-state index is 7.66. The van der Waals surface area contributed by atoms with Gasteiger partial charge in [-0.25, -0.2) is 0 Å². The Kier molecular flexibility index (Phi) is 4.13. The molecule has 20 heavy (non-hydrogen) atoms. The van der Waals surface area contributed by atoms with Crippen LogP contribution in [0, 0.1) is 12.3 Å². The lowest BCUT2D eigenvalue weighted by Gasteiger charge is -2.22. The van der Waals surface area contributed by atoms with Crippen molar-refractivity contribution < 1.29 is 0 Å². The maximum Gasteiger partial charge on any atom is 0.124 e. The van der Waals surface area contributed by atoms with E-state index in [1.54, 1.807) is 0 Å². The molecule has 0 saturated heterocycles. The van der Waals surface area contributed by atoms with Crippen LogP contribution in [0.4, 0.5) is 5.69 Å². The standard InChI is InChI=1S/C14H18BrN5/c1-9-13(15)12(20(3)18-9)8-19(2)11-7-5-4-6-10(11)14(16)17/h4-7H,8H2,1-3H3,(H3,16,17). The summed E-state index contributed by atoms with van der Waals surface area (Å²) in [5.74, 6) is 0.0766. The van der Waals surface area contributed by atoms with Gasteiger partial charge < -0.3 is 10.6 Å². The highest BCUT2D eigenvalue weighted by Crippen LogP contribution is 2.25. The second-order valence-corrected chi connectivity index (χ2v) is 5.55. The molecule has 0 radical (unpaired) electrons. The molecule has 5 nitrogen and oxygen atoms in total. The van der Waals surface area contributed by atoms with Crippen molar-refractivity contribution in [1.82, 2.24) is 9.78 Å². The van der Waals surface area contributed by atoms with E-state index in [0.29, 0.717) is 6.54 Å². The van der Waals surface area contributed by atoms with E-state index in [1.807, 2.05) is 50.0 Å². The summed E-state index contributed by atoms with van der Waals surface area (Å²) in [6.45, 7) is 2.65. The quantitative estimate of drug-likeness (QED) is 0.665. The zero-order valence-electron chi connectivity index (χ0n) is 11.8. The Balaban J connectivity index is 2.33. The second-order valence-electron chi connectivity index (χ2n) is 4.76. The van der Waals surface area contributed by atoms with E-state index in [1.165, 1.54) is 0 Å². The number of nitrogens with two attached hydrogens (primary N) is 1. The van der Waals surface area contributed by atoms with Crippen molar-refractivity contribution in [1.29, 1.82) is 5.41 Å². The van der Waals surface area contributed by atoms with Crippen LogP contribution in [0.25, 0.3) is 0 Å². The van der Waals surface area contributed by atoms with Crippen molar-refractivity contribution >= 4 is 27.5 Å². The minimum Gasteiger partial charge on any atom is -0.384 e. The number of benzene rings is 1. The number of nitrogens with zero attached hydrogens (tertiary/aromatic N) is 3. The molecule has 0 unspecified atom stereocenters. The van der Waals surface area contributed by atoms with E-state index in [4.69, 9.17) is 11.1 Å². The van der Waals surface area contributed by atoms with Crippen molar-refractivity contribution in [3.05, 3.63) is 45.7 Å². The number of anilines is 1. The third-order valence-corrected chi connectivity index (χ3v) is 4.29. The summed E-state index contributed by atoms with van der Waals surface area (Å²) >= 11 is 3.57. The van der Waals surface area contributed by atoms with Crippen molar-refractivity contribution in [2.75, 3.05) is 11.9 Å². The first-order valence-corrected chi connectivity index (χ1v) is 7.03. The van der Waals surface area contributed by atoms with E-state index in [2.05, 4.69) is 25.9 Å². The number of para-hydroxylation sites is 1. The van der Waals surface area contributed by atoms with E-state index in [0.717, 1.165) is 27.1 Å². The lowest BCUT2D eigenvalue weighted by molar-refractivity contribution is 0.693. The van der Waals surface area contributed by atoms with Crippen molar-refractivity contribution in [2.45, 2.75) is 13.5 Å². The Hall–Kier alpha value is -1.82. The average molecular weight is 336 g/mol. The predicted octanol–water partition coefficient (Wildman–Crippen LogP) is 2.41. The lowest BCUT2D eigenvalue weighted by Crippen LogP contribution is -2.23. The molecular formula is C14H18BrN5. The summed E-state index contributed by atoms with van der Waals surface area (Å²) < 4.78 is 2.89. The summed E-state index contributed by atoms with van der Waals surface area (Å²) in [5.41, 5.74) is 9.37. The molecule has 2 aromatic rings. The van der Waals surface area contributed by atoms with Gasteiger partial charge in [0.2, 0.25) is 0 Å². The molecule has 1 aromatic heterocycles. The summed E-state index contributed by atoms with van der Waals surface area (Å²) in [7, 11) is 3.91. The lowest BCUT2D eigenvalue weighted by atomic mass is 10.1. The van der Waals surface area contributed by atoms with Gasteiger partial charge in [-0.3, -0.25) is 10.1 Å². The van der Waals surface area contributed by atoms with Gasteiger partial charge in [-0.2, -0.15) is 5.10 Å². The highest BCUT2D eigenvalue weighted by molar-refractivity contribution is 9.10. The first-order chi connectivity index (χ1) is 9.41. The van der Waals surface area contributed by atoms with Gasteiger partial charge in [-0.15, -0.1) is 0 Å². The number of hydrogen-bond acceptors (Lipinski definition) is 3. The molecule has 0 spiro atoms. The van der Waals surface area contributed by atoms with E-state index in [-0.39, 0.29) is 5.84 Å². The summed E-state index contributed by atoms with van der Waals surface area (Å²) in [4.78, 5) is 2.07. The first-order valence-electron chi connectivity index (χ1n) is 6.24. The molecular weight excluding hydrogens is 318 g/mol. The van der Waals surface area contributed by atoms with Crippen LogP contribution in [0.3, 0.4) is 0 Å². The number of aromatic nitrogens is 2. The highest BCUT2D eigenvalue weighted by Gasteiger charge is 2.15. The van der Waals surface area contributed by atoms with E-state index >= 15 is 0 Å². The minimum atomic E-state index is 0.0766. The Morgan fingerprint density at radius 2 is 2.10 bits per heavy atom. The molecule has 0 aliphatic carbocycles. The fourth-order valence-electron chi connectivity index (χ4n) is 2.20. The normalized spacial score (nSPS) is 10.6. The largest absolute Gasteiger partial charge is 0.384 e. The summed E-state index contributed by atoms with van der Waals surface area (Å²) in [5, 5.41) is 12.1. The van der Waals surface area contributed by atoms with Crippen LogP contribution in [0.2, 0.25) is 0 Å². The van der Waals surface area contributed by atoms with Crippen LogP contribution < -0.4 is 10.6 Å². The molecule has 0 bridgehead atoms. The fourth-order valence-corrected chi connectivity index (χ4v) is 2.66. The van der Waals surface area contributed by atoms with E-state index in [9.17, 15) is 0 Å². The molecule has 0 atom stereocenters. The highest BCUT2D eigenvalue weighted by atomic mass is 79.9. The summed E-state index contributed by atoms with van der Waals surface area (Å²) in [6.07, 6.45) is 0. The van der Waals surface area contributed by atoms with Gasteiger partial charge in [0.1, 0.15) is 5.84 Å². The van der Waals surface area contributed by atoms with Crippen molar-refractivity contribution in [2.24, 2.45) is 12.8 Å². The molecule has 1 aromatic carbocycles. The minimum absolute atomic E-state index is 0.0766. The Morgan fingerprint density at radius 3 is 2.65 bits per heavy atom. The number of nitrogens with one attached hydrogen (secondary N) is 1. The van der Waals surface area contributed by atoms with Crippen LogP contribution in [-0.4, -0.2) is 22.7 Å². The summed E-state index contributed by atoms with van der Waals surface area (Å²) in [6, 6.07) is 7.66. The van der Waals surface area contributed by atoms with Crippen LogP contribution in [0.15, 0.2) is 28.7 Å². The number of amidine groups is 1. The van der Waals surface area contributed by atoms with E-state index < -0.39 is 0 Å². The molecule has 106 valence electrons. The fraction of sp³-hybridized carbons (Fsp3) is 0.286. The Labute approximate surface area is 127 Å². The molecule has 3 N–H and O–H groups in total. The molecule has 0 fully saturated rings. The first kappa shape index (κ1) is 14.6. The number of hydrogen-bond donors (Lipinski definition) is 2. The number of halogens is 1. The molecule has 6 heteroatoms. The topological polar surface area (TPSA) is 70.9 Å². The van der Waals surface area contributed by atoms with Gasteiger partial charge in [0.05, 0.1) is 22.4 Å². The van der Waals surface area contributed by atoms with Gasteiger partial charge in [-0.1, -0.05) is 12.1 Å². The Bertz CT molecular complexity index is 647. The number of nitrogen functional groups attached to an aromatic ring is 1. The van der Waals surface area contributed by atoms with Crippen LogP contribution >= 0.6 is 15.9 Å². The molecule has 2 rings (SSSR count). The second kappa shape index (κ2) is 5.66. The van der Waals surface area contributed by atoms with Crippen molar-refractivity contribution in [3.8, 4) is 0 Å². The van der Waals surface area contributed by atoms with Crippen LogP contribution in [0.5, 0.6) is 0 Å². The predicted molar refractivity (Wildman–Crippen MR) is 85.2 cm³/mol. The smallest absolute Gasteiger partial charge is 0.124 e. The van der Waals surface area contributed by atoms with Crippen LogP contribution in [0.1, 0.15) is 17.0 Å². The van der Waals surface area contributed by atoms with Gasteiger partial charge >= 0.3 is 0 Å². The zero-order chi connectivity index (χ0) is 14.9. The van der Waals surface area contributed by atoms with Crippen LogP contribution in [-0.2, 0) is 13.6 Å². The SMILES string of the molecule is Cc1nn(C)c(CN(C)c2ccccc2C(=N)N)c1Br. The van der Waals surface area contributed by atoms with Gasteiger partial charge in [0.25, 0.3) is 0 Å². The van der Waals surface area contributed by atoms with Gasteiger partial charge in [0.15, 0.2) is 0 Å². The molecule has 0 aliphatic heterocycles. The van der Waals surface area contributed by atoms with Gasteiger partial charge in [-0.05, 0) is 35.0 Å². The number of rotatable bonds is 4. The Morgan fingerprint density at radius 1 is 1.45 bits per heavy atom. The van der Waals surface area contributed by atoms with Gasteiger partial charge in [0, 0.05) is 25.3 Å². The molecule has 0 saturated carbocycles. The third-order valence-electron chi connectivity index (χ3n) is 3.25. The maximum absolute atomic E-state index is 7.66. The third kappa shape index (κ3) is 2.70.